The molecular weight excluding hydrogens is 254 g/mol. The minimum atomic E-state index is -0.361. The highest BCUT2D eigenvalue weighted by molar-refractivity contribution is 5.89. The first-order valence-electron chi connectivity index (χ1n) is 6.37. The third-order valence-corrected chi connectivity index (χ3v) is 3.04. The SMILES string of the molecule is COC(=O)c1ccc(-n2nc(C(C)(C)C)cc2N)cc1. The molecule has 20 heavy (non-hydrogen) atoms. The van der Waals surface area contributed by atoms with Gasteiger partial charge in [0.2, 0.25) is 0 Å². The number of benzene rings is 1. The molecule has 0 radical (unpaired) electrons. The van der Waals surface area contributed by atoms with Crippen LogP contribution in [0.15, 0.2) is 30.3 Å². The van der Waals surface area contributed by atoms with Crippen molar-refractivity contribution >= 4 is 11.8 Å². The van der Waals surface area contributed by atoms with Gasteiger partial charge in [0.15, 0.2) is 0 Å². The molecule has 0 aliphatic carbocycles. The predicted octanol–water partition coefficient (Wildman–Crippen LogP) is 2.54. The Hall–Kier alpha value is -2.30. The maximum absolute atomic E-state index is 11.4. The highest BCUT2D eigenvalue weighted by Gasteiger charge is 2.19. The summed E-state index contributed by atoms with van der Waals surface area (Å²) in [7, 11) is 1.36. The van der Waals surface area contributed by atoms with Gasteiger partial charge in [0.05, 0.1) is 24.1 Å². The van der Waals surface area contributed by atoms with Gasteiger partial charge < -0.3 is 10.5 Å². The van der Waals surface area contributed by atoms with E-state index >= 15 is 0 Å². The number of esters is 1. The first-order chi connectivity index (χ1) is 9.32. The van der Waals surface area contributed by atoms with Crippen LogP contribution >= 0.6 is 0 Å². The predicted molar refractivity (Wildman–Crippen MR) is 78.0 cm³/mol. The molecule has 0 bridgehead atoms. The molecular formula is C15H19N3O2. The Bertz CT molecular complexity index is 622. The van der Waals surface area contributed by atoms with E-state index in [-0.39, 0.29) is 11.4 Å². The average Bonchev–Trinajstić information content (AvgIpc) is 2.80. The number of hydrogen-bond donors (Lipinski definition) is 1. The molecule has 2 rings (SSSR count). The molecule has 0 atom stereocenters. The van der Waals surface area contributed by atoms with Crippen molar-refractivity contribution in [1.82, 2.24) is 9.78 Å². The van der Waals surface area contributed by atoms with E-state index < -0.39 is 0 Å². The van der Waals surface area contributed by atoms with Crippen LogP contribution in [-0.4, -0.2) is 22.9 Å². The fourth-order valence-electron chi connectivity index (χ4n) is 1.83. The molecule has 0 aliphatic heterocycles. The summed E-state index contributed by atoms with van der Waals surface area (Å²) in [6.07, 6.45) is 0. The summed E-state index contributed by atoms with van der Waals surface area (Å²) in [5.74, 6) is 0.209. The minimum absolute atomic E-state index is 0.0642. The number of carbonyl (C=O) groups is 1. The number of nitrogen functional groups attached to an aromatic ring is 1. The summed E-state index contributed by atoms with van der Waals surface area (Å²) in [4.78, 5) is 11.4. The van der Waals surface area contributed by atoms with Crippen LogP contribution in [0.4, 0.5) is 5.82 Å². The van der Waals surface area contributed by atoms with Gasteiger partial charge in [0.1, 0.15) is 5.82 Å². The lowest BCUT2D eigenvalue weighted by atomic mass is 9.92. The molecule has 0 unspecified atom stereocenters. The third-order valence-electron chi connectivity index (χ3n) is 3.04. The van der Waals surface area contributed by atoms with Crippen LogP contribution in [0.25, 0.3) is 5.69 Å². The van der Waals surface area contributed by atoms with Gasteiger partial charge in [-0.1, -0.05) is 20.8 Å². The maximum Gasteiger partial charge on any atom is 0.337 e. The van der Waals surface area contributed by atoms with Crippen LogP contribution in [0.5, 0.6) is 0 Å². The largest absolute Gasteiger partial charge is 0.465 e. The molecule has 1 aromatic heterocycles. The second-order valence-corrected chi connectivity index (χ2v) is 5.65. The Morgan fingerprint density at radius 1 is 1.25 bits per heavy atom. The third kappa shape index (κ3) is 2.66. The van der Waals surface area contributed by atoms with E-state index in [9.17, 15) is 4.79 Å². The Labute approximate surface area is 118 Å². The number of rotatable bonds is 2. The van der Waals surface area contributed by atoms with Crippen molar-refractivity contribution in [3.8, 4) is 5.69 Å². The second kappa shape index (κ2) is 5.00. The van der Waals surface area contributed by atoms with Crippen LogP contribution in [0.2, 0.25) is 0 Å². The summed E-state index contributed by atoms with van der Waals surface area (Å²) in [5.41, 5.74) is 8.17. The highest BCUT2D eigenvalue weighted by Crippen LogP contribution is 2.24. The number of hydrogen-bond acceptors (Lipinski definition) is 4. The standard InChI is InChI=1S/C15H19N3O2/c1-15(2,3)12-9-13(16)18(17-12)11-7-5-10(6-8-11)14(19)20-4/h5-9H,16H2,1-4H3. The van der Waals surface area contributed by atoms with Gasteiger partial charge in [-0.25, -0.2) is 9.48 Å². The van der Waals surface area contributed by atoms with Gasteiger partial charge in [0, 0.05) is 11.5 Å². The Kier molecular flexibility index (Phi) is 3.53. The maximum atomic E-state index is 11.4. The lowest BCUT2D eigenvalue weighted by Crippen LogP contribution is -2.12. The molecule has 1 aromatic carbocycles. The van der Waals surface area contributed by atoms with Crippen molar-refractivity contribution in [2.45, 2.75) is 26.2 Å². The van der Waals surface area contributed by atoms with Crippen molar-refractivity contribution in [2.75, 3.05) is 12.8 Å². The van der Waals surface area contributed by atoms with E-state index in [1.807, 2.05) is 6.07 Å². The van der Waals surface area contributed by atoms with Gasteiger partial charge in [-0.15, -0.1) is 0 Å². The zero-order valence-corrected chi connectivity index (χ0v) is 12.2. The van der Waals surface area contributed by atoms with Crippen molar-refractivity contribution in [1.29, 1.82) is 0 Å². The zero-order valence-electron chi connectivity index (χ0n) is 12.2. The van der Waals surface area contributed by atoms with Gasteiger partial charge in [-0.3, -0.25) is 0 Å². The summed E-state index contributed by atoms with van der Waals surface area (Å²) in [6, 6.07) is 8.84. The molecule has 0 spiro atoms. The van der Waals surface area contributed by atoms with Crippen LogP contribution in [0.3, 0.4) is 0 Å². The van der Waals surface area contributed by atoms with E-state index in [2.05, 4.69) is 30.6 Å². The van der Waals surface area contributed by atoms with Gasteiger partial charge in [-0.05, 0) is 24.3 Å². The lowest BCUT2D eigenvalue weighted by molar-refractivity contribution is 0.0601. The highest BCUT2D eigenvalue weighted by atomic mass is 16.5. The number of anilines is 1. The van der Waals surface area contributed by atoms with E-state index in [0.29, 0.717) is 11.4 Å². The number of aromatic nitrogens is 2. The Balaban J connectivity index is 2.37. The average molecular weight is 273 g/mol. The number of ether oxygens (including phenoxy) is 1. The molecule has 1 heterocycles. The van der Waals surface area contributed by atoms with E-state index in [0.717, 1.165) is 11.4 Å². The summed E-state index contributed by atoms with van der Waals surface area (Å²) in [5, 5.41) is 4.52. The molecule has 2 N–H and O–H groups in total. The van der Waals surface area contributed by atoms with Crippen molar-refractivity contribution in [2.24, 2.45) is 0 Å². The van der Waals surface area contributed by atoms with Gasteiger partial charge in [-0.2, -0.15) is 5.10 Å². The second-order valence-electron chi connectivity index (χ2n) is 5.65. The summed E-state index contributed by atoms with van der Waals surface area (Å²) < 4.78 is 6.34. The number of nitrogens with zero attached hydrogens (tertiary/aromatic N) is 2. The molecule has 5 nitrogen and oxygen atoms in total. The molecule has 0 aliphatic rings. The fourth-order valence-corrected chi connectivity index (χ4v) is 1.83. The molecule has 0 amide bonds. The summed E-state index contributed by atoms with van der Waals surface area (Å²) >= 11 is 0. The zero-order chi connectivity index (χ0) is 14.9. The minimum Gasteiger partial charge on any atom is -0.465 e. The van der Waals surface area contributed by atoms with E-state index in [1.54, 1.807) is 28.9 Å². The van der Waals surface area contributed by atoms with E-state index in [4.69, 9.17) is 5.73 Å². The van der Waals surface area contributed by atoms with Crippen molar-refractivity contribution < 1.29 is 9.53 Å². The number of carbonyl (C=O) groups excluding carboxylic acids is 1. The molecule has 106 valence electrons. The fraction of sp³-hybridized carbons (Fsp3) is 0.333. The smallest absolute Gasteiger partial charge is 0.337 e. The molecule has 0 fully saturated rings. The first-order valence-corrected chi connectivity index (χ1v) is 6.37. The lowest BCUT2D eigenvalue weighted by Gasteiger charge is -2.14. The number of nitrogens with two attached hydrogens (primary N) is 1. The van der Waals surface area contributed by atoms with Crippen LogP contribution in [0, 0.1) is 0 Å². The van der Waals surface area contributed by atoms with Gasteiger partial charge in [0.25, 0.3) is 0 Å². The van der Waals surface area contributed by atoms with Crippen LogP contribution in [-0.2, 0) is 10.2 Å². The van der Waals surface area contributed by atoms with E-state index in [1.165, 1.54) is 7.11 Å². The topological polar surface area (TPSA) is 70.1 Å². The van der Waals surface area contributed by atoms with Gasteiger partial charge >= 0.3 is 5.97 Å². The Morgan fingerprint density at radius 3 is 2.30 bits per heavy atom. The molecule has 0 saturated heterocycles. The molecule has 0 saturated carbocycles. The Morgan fingerprint density at radius 2 is 1.85 bits per heavy atom. The van der Waals surface area contributed by atoms with Crippen molar-refractivity contribution in [3.05, 3.63) is 41.6 Å². The van der Waals surface area contributed by atoms with Crippen LogP contribution < -0.4 is 5.73 Å². The first kappa shape index (κ1) is 14.1. The summed E-state index contributed by atoms with van der Waals surface area (Å²) in [6.45, 7) is 6.25. The molecule has 5 heteroatoms. The number of methoxy groups -OCH3 is 1. The molecule has 2 aromatic rings. The van der Waals surface area contributed by atoms with Crippen LogP contribution in [0.1, 0.15) is 36.8 Å². The monoisotopic (exact) mass is 273 g/mol. The van der Waals surface area contributed by atoms with Crippen molar-refractivity contribution in [3.63, 3.8) is 0 Å². The quantitative estimate of drug-likeness (QED) is 0.854. The normalized spacial score (nSPS) is 11.4.